The third-order valence-electron chi connectivity index (χ3n) is 3.76. The molecule has 2 aromatic heterocycles. The first-order valence-corrected chi connectivity index (χ1v) is 9.56. The number of amides is 1. The average molecular weight is 413 g/mol. The van der Waals surface area contributed by atoms with E-state index in [-0.39, 0.29) is 28.7 Å². The van der Waals surface area contributed by atoms with E-state index in [2.05, 4.69) is 25.6 Å². The molecular weight excluding hydrogens is 400 g/mol. The van der Waals surface area contributed by atoms with Gasteiger partial charge in [0.15, 0.2) is 5.69 Å². The Morgan fingerprint density at radius 3 is 2.61 bits per heavy atom. The standard InChI is InChI=1S/C18H13ClN6O2S/c19-12-8-6-11(7-9-12)15-16(27)21-17-22-23-18(25(17)24-15)28-10-14(26)20-13-4-2-1-3-5-13/h1-9H,10H2,(H,20,26)(H,21,22,27). The van der Waals surface area contributed by atoms with Crippen molar-refractivity contribution in [3.8, 4) is 11.3 Å². The molecule has 0 bridgehead atoms. The minimum Gasteiger partial charge on any atom is -0.325 e. The quantitative estimate of drug-likeness (QED) is 0.488. The Balaban J connectivity index is 1.56. The van der Waals surface area contributed by atoms with E-state index in [1.54, 1.807) is 36.4 Å². The highest BCUT2D eigenvalue weighted by Crippen LogP contribution is 2.19. The third-order valence-corrected chi connectivity index (χ3v) is 4.93. The van der Waals surface area contributed by atoms with Crippen LogP contribution in [-0.4, -0.2) is 36.5 Å². The molecule has 0 spiro atoms. The van der Waals surface area contributed by atoms with Gasteiger partial charge < -0.3 is 5.32 Å². The first kappa shape index (κ1) is 18.2. The fourth-order valence-corrected chi connectivity index (χ4v) is 3.28. The number of para-hydroxylation sites is 1. The third kappa shape index (κ3) is 3.90. The Morgan fingerprint density at radius 1 is 1.11 bits per heavy atom. The lowest BCUT2D eigenvalue weighted by molar-refractivity contribution is -0.113. The van der Waals surface area contributed by atoms with Gasteiger partial charge in [-0.1, -0.05) is 53.7 Å². The van der Waals surface area contributed by atoms with E-state index in [1.165, 1.54) is 16.3 Å². The van der Waals surface area contributed by atoms with Crippen LogP contribution in [-0.2, 0) is 4.79 Å². The number of carbonyl (C=O) groups excluding carboxylic acids is 1. The number of thioether (sulfide) groups is 1. The highest BCUT2D eigenvalue weighted by molar-refractivity contribution is 7.99. The summed E-state index contributed by atoms with van der Waals surface area (Å²) in [6, 6.07) is 15.9. The Kier molecular flexibility index (Phi) is 5.09. The molecule has 4 aromatic rings. The van der Waals surface area contributed by atoms with Gasteiger partial charge in [0.25, 0.3) is 11.3 Å². The molecule has 0 atom stereocenters. The lowest BCUT2D eigenvalue weighted by Crippen LogP contribution is -2.16. The van der Waals surface area contributed by atoms with Crippen molar-refractivity contribution in [2.75, 3.05) is 11.1 Å². The zero-order chi connectivity index (χ0) is 19.5. The Hall–Kier alpha value is -3.17. The van der Waals surface area contributed by atoms with Gasteiger partial charge in [-0.15, -0.1) is 10.2 Å². The van der Waals surface area contributed by atoms with Gasteiger partial charge in [0, 0.05) is 16.3 Å². The summed E-state index contributed by atoms with van der Waals surface area (Å²) in [7, 11) is 0. The number of benzene rings is 2. The van der Waals surface area contributed by atoms with Crippen molar-refractivity contribution in [2.45, 2.75) is 5.16 Å². The molecule has 0 radical (unpaired) electrons. The summed E-state index contributed by atoms with van der Waals surface area (Å²) in [6.45, 7) is 0. The van der Waals surface area contributed by atoms with Crippen molar-refractivity contribution in [3.05, 3.63) is 70.0 Å². The maximum absolute atomic E-state index is 12.3. The average Bonchev–Trinajstić information content (AvgIpc) is 3.09. The van der Waals surface area contributed by atoms with Gasteiger partial charge in [0.2, 0.25) is 11.1 Å². The molecule has 2 heterocycles. The molecule has 0 saturated carbocycles. The van der Waals surface area contributed by atoms with E-state index in [9.17, 15) is 9.59 Å². The number of carbonyl (C=O) groups is 1. The molecule has 0 fully saturated rings. The van der Waals surface area contributed by atoms with Crippen LogP contribution < -0.4 is 10.9 Å². The normalized spacial score (nSPS) is 10.9. The van der Waals surface area contributed by atoms with Crippen LogP contribution in [0.2, 0.25) is 5.02 Å². The monoisotopic (exact) mass is 412 g/mol. The summed E-state index contributed by atoms with van der Waals surface area (Å²) in [5, 5.41) is 16.0. The molecule has 0 aliphatic heterocycles. The van der Waals surface area contributed by atoms with E-state index in [4.69, 9.17) is 11.6 Å². The van der Waals surface area contributed by atoms with Crippen LogP contribution in [0.15, 0.2) is 64.5 Å². The topological polar surface area (TPSA) is 105 Å². The van der Waals surface area contributed by atoms with Crippen molar-refractivity contribution in [1.82, 2.24) is 24.8 Å². The number of nitrogens with zero attached hydrogens (tertiary/aromatic N) is 4. The summed E-state index contributed by atoms with van der Waals surface area (Å²) < 4.78 is 1.41. The number of aromatic amines is 1. The van der Waals surface area contributed by atoms with Crippen molar-refractivity contribution in [2.24, 2.45) is 0 Å². The van der Waals surface area contributed by atoms with Crippen LogP contribution in [0.5, 0.6) is 0 Å². The predicted molar refractivity (Wildman–Crippen MR) is 108 cm³/mol. The molecule has 10 heteroatoms. The van der Waals surface area contributed by atoms with Crippen molar-refractivity contribution in [3.63, 3.8) is 0 Å². The summed E-state index contributed by atoms with van der Waals surface area (Å²) in [5.41, 5.74) is 1.14. The largest absolute Gasteiger partial charge is 0.325 e. The molecule has 1 amide bonds. The highest BCUT2D eigenvalue weighted by atomic mass is 35.5. The molecule has 0 aliphatic rings. The van der Waals surface area contributed by atoms with E-state index in [1.807, 2.05) is 18.2 Å². The number of H-pyrrole nitrogens is 1. The summed E-state index contributed by atoms with van der Waals surface area (Å²) in [4.78, 5) is 27.1. The molecule has 0 unspecified atom stereocenters. The van der Waals surface area contributed by atoms with Crippen molar-refractivity contribution >= 4 is 40.7 Å². The maximum atomic E-state index is 12.3. The number of aromatic nitrogens is 5. The number of rotatable bonds is 5. The van der Waals surface area contributed by atoms with Gasteiger partial charge in [-0.3, -0.25) is 14.6 Å². The van der Waals surface area contributed by atoms with Crippen LogP contribution in [0.25, 0.3) is 17.0 Å². The lowest BCUT2D eigenvalue weighted by Gasteiger charge is -2.04. The molecule has 140 valence electrons. The summed E-state index contributed by atoms with van der Waals surface area (Å²) in [5.74, 6) is 0.135. The predicted octanol–water partition coefficient (Wildman–Crippen LogP) is 2.86. The Morgan fingerprint density at radius 2 is 1.86 bits per heavy atom. The Bertz CT molecular complexity index is 1190. The number of anilines is 1. The zero-order valence-electron chi connectivity index (χ0n) is 14.3. The van der Waals surface area contributed by atoms with Crippen molar-refractivity contribution < 1.29 is 4.79 Å². The minimum absolute atomic E-state index is 0.118. The molecule has 4 rings (SSSR count). The lowest BCUT2D eigenvalue weighted by atomic mass is 10.2. The number of nitrogens with one attached hydrogen (secondary N) is 2. The molecular formula is C18H13ClN6O2S. The van der Waals surface area contributed by atoms with Crippen LogP contribution in [0.1, 0.15) is 0 Å². The molecule has 2 N–H and O–H groups in total. The van der Waals surface area contributed by atoms with Gasteiger partial charge in [-0.25, -0.2) is 0 Å². The smallest absolute Gasteiger partial charge is 0.279 e. The van der Waals surface area contributed by atoms with Gasteiger partial charge >= 0.3 is 0 Å². The van der Waals surface area contributed by atoms with Gasteiger partial charge in [-0.2, -0.15) is 9.61 Å². The van der Waals surface area contributed by atoms with E-state index < -0.39 is 0 Å². The second-order valence-corrected chi connectivity index (χ2v) is 7.11. The van der Waals surface area contributed by atoms with E-state index in [0.29, 0.717) is 21.4 Å². The molecule has 0 saturated heterocycles. The minimum atomic E-state index is -0.388. The molecule has 2 aromatic carbocycles. The fourth-order valence-electron chi connectivity index (χ4n) is 2.47. The van der Waals surface area contributed by atoms with Crippen LogP contribution in [0.3, 0.4) is 0 Å². The number of hydrogen-bond donors (Lipinski definition) is 2. The Labute approximate surface area is 168 Å². The summed E-state index contributed by atoms with van der Waals surface area (Å²) in [6.07, 6.45) is 0. The van der Waals surface area contributed by atoms with Gasteiger partial charge in [-0.05, 0) is 24.3 Å². The van der Waals surface area contributed by atoms with Crippen LogP contribution in [0, 0.1) is 0 Å². The van der Waals surface area contributed by atoms with E-state index in [0.717, 1.165) is 0 Å². The van der Waals surface area contributed by atoms with Gasteiger partial charge in [0.1, 0.15) is 0 Å². The summed E-state index contributed by atoms with van der Waals surface area (Å²) >= 11 is 7.07. The van der Waals surface area contributed by atoms with Crippen LogP contribution in [0.4, 0.5) is 5.69 Å². The van der Waals surface area contributed by atoms with E-state index >= 15 is 0 Å². The van der Waals surface area contributed by atoms with Crippen LogP contribution >= 0.6 is 23.4 Å². The SMILES string of the molecule is O=C(CSc1nnc2[nH]c(=O)c(-c3ccc(Cl)cc3)nn12)Nc1ccccc1. The molecule has 0 aliphatic carbocycles. The fraction of sp³-hybridized carbons (Fsp3) is 0.0556. The first-order valence-electron chi connectivity index (χ1n) is 8.19. The number of fused-ring (bicyclic) bond motifs is 1. The second-order valence-electron chi connectivity index (χ2n) is 5.73. The number of halogens is 1. The van der Waals surface area contributed by atoms with Crippen molar-refractivity contribution in [1.29, 1.82) is 0 Å². The van der Waals surface area contributed by atoms with Gasteiger partial charge in [0.05, 0.1) is 5.75 Å². The maximum Gasteiger partial charge on any atom is 0.279 e. The number of hydrogen-bond acceptors (Lipinski definition) is 6. The zero-order valence-corrected chi connectivity index (χ0v) is 15.9. The highest BCUT2D eigenvalue weighted by Gasteiger charge is 2.14. The molecule has 28 heavy (non-hydrogen) atoms. The second kappa shape index (κ2) is 7.83. The first-order chi connectivity index (χ1) is 13.6. The molecule has 8 nitrogen and oxygen atoms in total.